The number of benzene rings is 1. The van der Waals surface area contributed by atoms with Crippen molar-refractivity contribution in [1.29, 1.82) is 0 Å². The van der Waals surface area contributed by atoms with Gasteiger partial charge in [-0.2, -0.15) is 0 Å². The number of carbonyl (C=O) groups excluding carboxylic acids is 2. The summed E-state index contributed by atoms with van der Waals surface area (Å²) in [6, 6.07) is 8.18. The molecule has 0 aliphatic carbocycles. The Morgan fingerprint density at radius 3 is 2.70 bits per heavy atom. The lowest BCUT2D eigenvalue weighted by Crippen LogP contribution is -2.39. The van der Waals surface area contributed by atoms with Crippen molar-refractivity contribution in [3.8, 4) is 0 Å². The van der Waals surface area contributed by atoms with Crippen molar-refractivity contribution in [2.45, 2.75) is 26.2 Å². The molecule has 5 heteroatoms. The minimum Gasteiger partial charge on any atom is -0.347 e. The first kappa shape index (κ1) is 17.5. The molecule has 1 aliphatic heterocycles. The molecule has 1 heterocycles. The quantitative estimate of drug-likeness (QED) is 0.792. The molecule has 2 N–H and O–H groups in total. The lowest BCUT2D eigenvalue weighted by atomic mass is 10.1. The Balaban J connectivity index is 1.66. The van der Waals surface area contributed by atoms with Gasteiger partial charge in [0.25, 0.3) is 0 Å². The van der Waals surface area contributed by atoms with Crippen LogP contribution in [0.15, 0.2) is 24.3 Å². The molecule has 0 spiro atoms. The van der Waals surface area contributed by atoms with Crippen LogP contribution in [0.2, 0.25) is 0 Å². The fraction of sp³-hybridized carbons (Fsp3) is 0.556. The lowest BCUT2D eigenvalue weighted by molar-refractivity contribution is -0.132. The van der Waals surface area contributed by atoms with Crippen LogP contribution in [0.1, 0.15) is 24.0 Å². The monoisotopic (exact) mass is 317 g/mol. The summed E-state index contributed by atoms with van der Waals surface area (Å²) in [4.78, 5) is 25.8. The van der Waals surface area contributed by atoms with Gasteiger partial charge in [-0.05, 0) is 44.8 Å². The maximum atomic E-state index is 12.1. The Kier molecular flexibility index (Phi) is 6.59. The second-order valence-corrected chi connectivity index (χ2v) is 6.31. The average molecular weight is 317 g/mol. The SMILES string of the molecule is CNCC1CCN(C(=O)CNC(=O)CCc2ccc(C)cc2)C1. The molecule has 0 saturated carbocycles. The van der Waals surface area contributed by atoms with Crippen molar-refractivity contribution in [3.05, 3.63) is 35.4 Å². The van der Waals surface area contributed by atoms with Gasteiger partial charge in [-0.25, -0.2) is 0 Å². The number of rotatable bonds is 7. The number of hydrogen-bond acceptors (Lipinski definition) is 3. The standard InChI is InChI=1S/C18H27N3O2/c1-14-3-5-15(6-4-14)7-8-17(22)20-12-18(23)21-10-9-16(13-21)11-19-2/h3-6,16,19H,7-13H2,1-2H3,(H,20,22). The summed E-state index contributed by atoms with van der Waals surface area (Å²) in [5.74, 6) is 0.485. The molecule has 1 unspecified atom stereocenters. The maximum Gasteiger partial charge on any atom is 0.241 e. The van der Waals surface area contributed by atoms with Crippen molar-refractivity contribution in [2.75, 3.05) is 33.2 Å². The van der Waals surface area contributed by atoms with E-state index < -0.39 is 0 Å². The van der Waals surface area contributed by atoms with Crippen molar-refractivity contribution < 1.29 is 9.59 Å². The summed E-state index contributed by atoms with van der Waals surface area (Å²) in [6.45, 7) is 4.68. The van der Waals surface area contributed by atoms with Gasteiger partial charge in [-0.1, -0.05) is 29.8 Å². The topological polar surface area (TPSA) is 61.4 Å². The van der Waals surface area contributed by atoms with Gasteiger partial charge in [0.1, 0.15) is 0 Å². The molecule has 23 heavy (non-hydrogen) atoms. The Bertz CT molecular complexity index is 528. The highest BCUT2D eigenvalue weighted by molar-refractivity contribution is 5.84. The zero-order chi connectivity index (χ0) is 16.7. The maximum absolute atomic E-state index is 12.1. The van der Waals surface area contributed by atoms with E-state index in [0.717, 1.165) is 31.6 Å². The minimum absolute atomic E-state index is 0.0206. The van der Waals surface area contributed by atoms with Crippen LogP contribution < -0.4 is 10.6 Å². The highest BCUT2D eigenvalue weighted by atomic mass is 16.2. The van der Waals surface area contributed by atoms with Gasteiger partial charge in [0.2, 0.25) is 11.8 Å². The third kappa shape index (κ3) is 5.67. The normalized spacial score (nSPS) is 17.3. The van der Waals surface area contributed by atoms with Crippen LogP contribution in [0.4, 0.5) is 0 Å². The van der Waals surface area contributed by atoms with E-state index >= 15 is 0 Å². The van der Waals surface area contributed by atoms with Crippen LogP contribution in [0, 0.1) is 12.8 Å². The molecule has 126 valence electrons. The first-order chi connectivity index (χ1) is 11.1. The first-order valence-electron chi connectivity index (χ1n) is 8.33. The van der Waals surface area contributed by atoms with E-state index in [1.807, 2.05) is 43.1 Å². The highest BCUT2D eigenvalue weighted by Gasteiger charge is 2.25. The second kappa shape index (κ2) is 8.67. The van der Waals surface area contributed by atoms with Crippen molar-refractivity contribution in [1.82, 2.24) is 15.5 Å². The second-order valence-electron chi connectivity index (χ2n) is 6.31. The molecule has 0 bridgehead atoms. The number of aryl methyl sites for hydroxylation is 2. The van der Waals surface area contributed by atoms with E-state index in [-0.39, 0.29) is 18.4 Å². The molecule has 2 amide bonds. The number of nitrogens with one attached hydrogen (secondary N) is 2. The average Bonchev–Trinajstić information content (AvgIpc) is 3.01. The summed E-state index contributed by atoms with van der Waals surface area (Å²) < 4.78 is 0. The molecule has 1 atom stereocenters. The molecule has 1 aromatic rings. The lowest BCUT2D eigenvalue weighted by Gasteiger charge is -2.17. The van der Waals surface area contributed by atoms with Gasteiger partial charge in [0.15, 0.2) is 0 Å². The molecular weight excluding hydrogens is 290 g/mol. The molecule has 5 nitrogen and oxygen atoms in total. The number of carbonyl (C=O) groups is 2. The van der Waals surface area contributed by atoms with Crippen LogP contribution in [0.25, 0.3) is 0 Å². The Morgan fingerprint density at radius 2 is 2.00 bits per heavy atom. The summed E-state index contributed by atoms with van der Waals surface area (Å²) in [5, 5.41) is 5.89. The molecule has 1 aliphatic rings. The Morgan fingerprint density at radius 1 is 1.26 bits per heavy atom. The third-order valence-electron chi connectivity index (χ3n) is 4.33. The molecule has 2 rings (SSSR count). The third-order valence-corrected chi connectivity index (χ3v) is 4.33. The zero-order valence-corrected chi connectivity index (χ0v) is 14.1. The van der Waals surface area contributed by atoms with Crippen LogP contribution in [-0.2, 0) is 16.0 Å². The van der Waals surface area contributed by atoms with E-state index in [9.17, 15) is 9.59 Å². The summed E-state index contributed by atoms with van der Waals surface area (Å²) in [5.41, 5.74) is 2.36. The van der Waals surface area contributed by atoms with E-state index in [4.69, 9.17) is 0 Å². The minimum atomic E-state index is -0.0649. The molecule has 0 aromatic heterocycles. The Labute approximate surface area is 138 Å². The summed E-state index contributed by atoms with van der Waals surface area (Å²) in [7, 11) is 1.93. The van der Waals surface area contributed by atoms with Crippen molar-refractivity contribution in [2.24, 2.45) is 5.92 Å². The van der Waals surface area contributed by atoms with Crippen LogP contribution in [-0.4, -0.2) is 49.9 Å². The molecule has 0 radical (unpaired) electrons. The Hall–Kier alpha value is -1.88. The fourth-order valence-corrected chi connectivity index (χ4v) is 2.90. The van der Waals surface area contributed by atoms with E-state index in [1.54, 1.807) is 0 Å². The fourth-order valence-electron chi connectivity index (χ4n) is 2.90. The molecular formula is C18H27N3O2. The van der Waals surface area contributed by atoms with E-state index in [1.165, 1.54) is 5.56 Å². The summed E-state index contributed by atoms with van der Waals surface area (Å²) in [6.07, 6.45) is 2.15. The van der Waals surface area contributed by atoms with Gasteiger partial charge < -0.3 is 15.5 Å². The van der Waals surface area contributed by atoms with Gasteiger partial charge >= 0.3 is 0 Å². The zero-order valence-electron chi connectivity index (χ0n) is 14.1. The predicted molar refractivity (Wildman–Crippen MR) is 91.1 cm³/mol. The first-order valence-corrected chi connectivity index (χ1v) is 8.33. The van der Waals surface area contributed by atoms with Crippen molar-refractivity contribution in [3.63, 3.8) is 0 Å². The number of nitrogens with zero attached hydrogens (tertiary/aromatic N) is 1. The smallest absolute Gasteiger partial charge is 0.241 e. The van der Waals surface area contributed by atoms with Gasteiger partial charge in [-0.15, -0.1) is 0 Å². The highest BCUT2D eigenvalue weighted by Crippen LogP contribution is 2.15. The van der Waals surface area contributed by atoms with Crippen LogP contribution >= 0.6 is 0 Å². The summed E-state index contributed by atoms with van der Waals surface area (Å²) >= 11 is 0. The number of likely N-dealkylation sites (tertiary alicyclic amines) is 1. The van der Waals surface area contributed by atoms with E-state index in [0.29, 0.717) is 18.8 Å². The molecule has 1 fully saturated rings. The van der Waals surface area contributed by atoms with Gasteiger partial charge in [0.05, 0.1) is 6.54 Å². The van der Waals surface area contributed by atoms with Crippen LogP contribution in [0.3, 0.4) is 0 Å². The predicted octanol–water partition coefficient (Wildman–Crippen LogP) is 1.11. The largest absolute Gasteiger partial charge is 0.347 e. The van der Waals surface area contributed by atoms with E-state index in [2.05, 4.69) is 10.6 Å². The number of hydrogen-bond donors (Lipinski definition) is 2. The molecule has 1 aromatic carbocycles. The number of amides is 2. The van der Waals surface area contributed by atoms with Gasteiger partial charge in [-0.3, -0.25) is 9.59 Å². The van der Waals surface area contributed by atoms with Crippen LogP contribution in [0.5, 0.6) is 0 Å². The van der Waals surface area contributed by atoms with Crippen molar-refractivity contribution >= 4 is 11.8 Å². The molecule has 1 saturated heterocycles. The van der Waals surface area contributed by atoms with Gasteiger partial charge in [0, 0.05) is 19.5 Å².